The van der Waals surface area contributed by atoms with E-state index in [1.807, 2.05) is 47.0 Å². The Kier molecular flexibility index (Phi) is 6.93. The van der Waals surface area contributed by atoms with Gasteiger partial charge in [0.1, 0.15) is 0 Å². The van der Waals surface area contributed by atoms with Crippen LogP contribution in [0, 0.1) is 0 Å². The van der Waals surface area contributed by atoms with Crippen molar-refractivity contribution in [2.24, 2.45) is 0 Å². The molecule has 4 aromatic rings. The van der Waals surface area contributed by atoms with E-state index >= 15 is 0 Å². The van der Waals surface area contributed by atoms with Gasteiger partial charge < -0.3 is 15.2 Å². The van der Waals surface area contributed by atoms with Crippen LogP contribution >= 0.6 is 23.1 Å². The molecule has 2 amide bonds. The molecule has 2 N–H and O–H groups in total. The molecule has 0 aliphatic rings. The lowest BCUT2D eigenvalue weighted by Crippen LogP contribution is -2.24. The zero-order valence-corrected chi connectivity index (χ0v) is 18.7. The molecular formula is C22H20N6O2S2. The van der Waals surface area contributed by atoms with Crippen LogP contribution in [0.2, 0.25) is 0 Å². The molecule has 0 spiro atoms. The molecule has 0 atom stereocenters. The molecule has 0 saturated heterocycles. The van der Waals surface area contributed by atoms with Gasteiger partial charge in [0.25, 0.3) is 5.91 Å². The molecule has 0 bridgehead atoms. The Morgan fingerprint density at radius 1 is 1.09 bits per heavy atom. The van der Waals surface area contributed by atoms with Crippen LogP contribution < -0.4 is 10.6 Å². The standard InChI is InChI=1S/C22H20N6O2S2/c1-2-12-28-18(13-23-20(30)15-8-4-3-5-9-15)26-27-22(28)31-14-19(29)25-21-24-16-10-6-7-11-17(16)32-21/h2-11H,1,12-14H2,(H,23,30)(H,24,25,29). The van der Waals surface area contributed by atoms with E-state index in [4.69, 9.17) is 0 Å². The van der Waals surface area contributed by atoms with Crippen molar-refractivity contribution in [1.82, 2.24) is 25.1 Å². The molecule has 2 heterocycles. The number of carbonyl (C=O) groups is 2. The Morgan fingerprint density at radius 3 is 2.66 bits per heavy atom. The van der Waals surface area contributed by atoms with Gasteiger partial charge in [-0.2, -0.15) is 0 Å². The Labute approximate surface area is 192 Å². The van der Waals surface area contributed by atoms with Gasteiger partial charge in [-0.05, 0) is 24.3 Å². The number of hydrogen-bond acceptors (Lipinski definition) is 7. The summed E-state index contributed by atoms with van der Waals surface area (Å²) in [6, 6.07) is 16.7. The monoisotopic (exact) mass is 464 g/mol. The van der Waals surface area contributed by atoms with Gasteiger partial charge in [0.15, 0.2) is 16.1 Å². The van der Waals surface area contributed by atoms with Crippen LogP contribution in [-0.4, -0.2) is 37.3 Å². The average Bonchev–Trinajstić information content (AvgIpc) is 3.40. The molecule has 0 saturated carbocycles. The smallest absolute Gasteiger partial charge is 0.251 e. The Balaban J connectivity index is 1.36. The van der Waals surface area contributed by atoms with Gasteiger partial charge >= 0.3 is 0 Å². The Hall–Kier alpha value is -3.50. The highest BCUT2D eigenvalue weighted by Crippen LogP contribution is 2.26. The van der Waals surface area contributed by atoms with Crippen LogP contribution in [0.3, 0.4) is 0 Å². The minimum atomic E-state index is -0.192. The van der Waals surface area contributed by atoms with Crippen molar-refractivity contribution in [1.29, 1.82) is 0 Å². The fourth-order valence-corrected chi connectivity index (χ4v) is 4.58. The molecule has 10 heteroatoms. The summed E-state index contributed by atoms with van der Waals surface area (Å²) in [6.45, 7) is 4.45. The minimum Gasteiger partial charge on any atom is -0.345 e. The Bertz CT molecular complexity index is 1220. The van der Waals surface area contributed by atoms with E-state index in [1.54, 1.807) is 18.2 Å². The average molecular weight is 465 g/mol. The van der Waals surface area contributed by atoms with Crippen molar-refractivity contribution >= 4 is 50.3 Å². The number of amides is 2. The number of hydrogen-bond donors (Lipinski definition) is 2. The van der Waals surface area contributed by atoms with E-state index in [9.17, 15) is 9.59 Å². The number of allylic oxidation sites excluding steroid dienone is 1. The first-order valence-electron chi connectivity index (χ1n) is 9.78. The predicted octanol–water partition coefficient (Wildman–Crippen LogP) is 3.73. The summed E-state index contributed by atoms with van der Waals surface area (Å²) >= 11 is 2.70. The summed E-state index contributed by atoms with van der Waals surface area (Å²) in [5.74, 6) is 0.370. The number of fused-ring (bicyclic) bond motifs is 1. The first-order chi connectivity index (χ1) is 15.6. The number of aromatic nitrogens is 4. The predicted molar refractivity (Wildman–Crippen MR) is 127 cm³/mol. The highest BCUT2D eigenvalue weighted by Gasteiger charge is 2.15. The number of carbonyl (C=O) groups excluding carboxylic acids is 2. The highest BCUT2D eigenvalue weighted by molar-refractivity contribution is 7.99. The number of anilines is 1. The molecule has 4 rings (SSSR count). The van der Waals surface area contributed by atoms with E-state index < -0.39 is 0 Å². The van der Waals surface area contributed by atoms with Crippen molar-refractivity contribution in [2.45, 2.75) is 18.2 Å². The number of nitrogens with zero attached hydrogens (tertiary/aromatic N) is 4. The van der Waals surface area contributed by atoms with Gasteiger partial charge in [-0.15, -0.1) is 16.8 Å². The minimum absolute atomic E-state index is 0.154. The fourth-order valence-electron chi connectivity index (χ4n) is 2.93. The lowest BCUT2D eigenvalue weighted by molar-refractivity contribution is -0.113. The van der Waals surface area contributed by atoms with E-state index in [0.717, 1.165) is 10.2 Å². The van der Waals surface area contributed by atoms with Crippen LogP contribution in [0.15, 0.2) is 72.4 Å². The molecule has 0 aliphatic heterocycles. The van der Waals surface area contributed by atoms with Crippen LogP contribution in [0.1, 0.15) is 16.2 Å². The zero-order chi connectivity index (χ0) is 22.3. The lowest BCUT2D eigenvalue weighted by Gasteiger charge is -2.09. The molecule has 8 nitrogen and oxygen atoms in total. The summed E-state index contributed by atoms with van der Waals surface area (Å²) in [5, 5.41) is 15.2. The highest BCUT2D eigenvalue weighted by atomic mass is 32.2. The van der Waals surface area contributed by atoms with Gasteiger partial charge in [0.05, 0.1) is 22.5 Å². The summed E-state index contributed by atoms with van der Waals surface area (Å²) < 4.78 is 2.84. The van der Waals surface area contributed by atoms with E-state index in [1.165, 1.54) is 23.1 Å². The number of para-hydroxylation sites is 1. The second kappa shape index (κ2) is 10.2. The van der Waals surface area contributed by atoms with Gasteiger partial charge in [-0.3, -0.25) is 9.59 Å². The lowest BCUT2D eigenvalue weighted by atomic mass is 10.2. The summed E-state index contributed by atoms with van der Waals surface area (Å²) in [5.41, 5.74) is 1.43. The van der Waals surface area contributed by atoms with Crippen LogP contribution in [0.4, 0.5) is 5.13 Å². The molecule has 2 aromatic heterocycles. The summed E-state index contributed by atoms with van der Waals surface area (Å²) in [6.07, 6.45) is 1.72. The first kappa shape index (κ1) is 21.7. The van der Waals surface area contributed by atoms with Crippen molar-refractivity contribution in [3.05, 3.63) is 78.6 Å². The summed E-state index contributed by atoms with van der Waals surface area (Å²) in [4.78, 5) is 29.1. The van der Waals surface area contributed by atoms with Gasteiger partial charge in [-0.1, -0.05) is 59.5 Å². The van der Waals surface area contributed by atoms with Crippen LogP contribution in [0.5, 0.6) is 0 Å². The molecule has 0 unspecified atom stereocenters. The summed E-state index contributed by atoms with van der Waals surface area (Å²) in [7, 11) is 0. The third-order valence-corrected chi connectivity index (χ3v) is 6.34. The molecule has 2 aromatic carbocycles. The largest absolute Gasteiger partial charge is 0.345 e. The van der Waals surface area contributed by atoms with Crippen molar-refractivity contribution in [3.63, 3.8) is 0 Å². The maximum absolute atomic E-state index is 12.4. The maximum Gasteiger partial charge on any atom is 0.251 e. The van der Waals surface area contributed by atoms with E-state index in [2.05, 4.69) is 32.4 Å². The fraction of sp³-hybridized carbons (Fsp3) is 0.136. The number of nitrogens with one attached hydrogen (secondary N) is 2. The molecule has 0 radical (unpaired) electrons. The van der Waals surface area contributed by atoms with Gasteiger partial charge in [0, 0.05) is 12.1 Å². The third-order valence-electron chi connectivity index (χ3n) is 4.42. The topological polar surface area (TPSA) is 102 Å². The van der Waals surface area contributed by atoms with Crippen molar-refractivity contribution in [2.75, 3.05) is 11.1 Å². The molecule has 0 fully saturated rings. The molecular weight excluding hydrogens is 444 g/mol. The molecule has 0 aliphatic carbocycles. The van der Waals surface area contributed by atoms with Crippen LogP contribution in [-0.2, 0) is 17.9 Å². The zero-order valence-electron chi connectivity index (χ0n) is 17.0. The SMILES string of the molecule is C=CCn1c(CNC(=O)c2ccccc2)nnc1SCC(=O)Nc1nc2ccccc2s1. The normalized spacial score (nSPS) is 10.8. The quantitative estimate of drug-likeness (QED) is 0.289. The van der Waals surface area contributed by atoms with Gasteiger partial charge in [-0.25, -0.2) is 4.98 Å². The van der Waals surface area contributed by atoms with Gasteiger partial charge in [0.2, 0.25) is 5.91 Å². The molecule has 162 valence electrons. The second-order valence-electron chi connectivity index (χ2n) is 6.67. The third kappa shape index (κ3) is 5.21. The number of benzene rings is 2. The second-order valence-corrected chi connectivity index (χ2v) is 8.64. The number of rotatable bonds is 9. The molecule has 32 heavy (non-hydrogen) atoms. The van der Waals surface area contributed by atoms with Crippen molar-refractivity contribution < 1.29 is 9.59 Å². The van der Waals surface area contributed by atoms with E-state index in [0.29, 0.717) is 28.2 Å². The maximum atomic E-state index is 12.4. The van der Waals surface area contributed by atoms with Crippen molar-refractivity contribution in [3.8, 4) is 0 Å². The number of thiazole rings is 1. The first-order valence-corrected chi connectivity index (χ1v) is 11.6. The number of thioether (sulfide) groups is 1. The Morgan fingerprint density at radius 2 is 1.88 bits per heavy atom. The van der Waals surface area contributed by atoms with Crippen LogP contribution in [0.25, 0.3) is 10.2 Å². The van der Waals surface area contributed by atoms with E-state index in [-0.39, 0.29) is 24.1 Å².